The van der Waals surface area contributed by atoms with Gasteiger partial charge in [-0.05, 0) is 41.7 Å². The molecule has 134 valence electrons. The highest BCUT2D eigenvalue weighted by atomic mass is 16.7. The van der Waals surface area contributed by atoms with Crippen LogP contribution in [0.5, 0.6) is 23.0 Å². The summed E-state index contributed by atoms with van der Waals surface area (Å²) in [6.45, 7) is 4.32. The van der Waals surface area contributed by atoms with Gasteiger partial charge in [-0.1, -0.05) is 19.9 Å². The summed E-state index contributed by atoms with van der Waals surface area (Å²) in [7, 11) is 0. The van der Waals surface area contributed by atoms with E-state index in [4.69, 9.17) is 9.47 Å². The lowest BCUT2D eigenvalue weighted by molar-refractivity contribution is 0.174. The third kappa shape index (κ3) is 2.63. The Hall–Kier alpha value is -3.15. The maximum atomic E-state index is 10.4. The number of ether oxygens (including phenoxy) is 2. The van der Waals surface area contributed by atoms with Crippen LogP contribution in [0.2, 0.25) is 0 Å². The van der Waals surface area contributed by atoms with Crippen LogP contribution in [0.1, 0.15) is 31.7 Å². The third-order valence-corrected chi connectivity index (χ3v) is 4.88. The Morgan fingerprint density at radius 2 is 1.88 bits per heavy atom. The van der Waals surface area contributed by atoms with E-state index in [1.54, 1.807) is 6.20 Å². The van der Waals surface area contributed by atoms with Gasteiger partial charge in [0.1, 0.15) is 11.5 Å². The maximum absolute atomic E-state index is 10.4. The minimum Gasteiger partial charge on any atom is -0.508 e. The Labute approximate surface area is 151 Å². The predicted molar refractivity (Wildman–Crippen MR) is 97.6 cm³/mol. The topological polar surface area (TPSA) is 87.6 Å². The molecule has 0 saturated carbocycles. The lowest BCUT2D eigenvalue weighted by Crippen LogP contribution is -1.94. The van der Waals surface area contributed by atoms with Crippen LogP contribution in [0.3, 0.4) is 0 Å². The van der Waals surface area contributed by atoms with E-state index in [1.807, 2.05) is 31.2 Å². The van der Waals surface area contributed by atoms with E-state index in [0.29, 0.717) is 22.8 Å². The van der Waals surface area contributed by atoms with E-state index >= 15 is 0 Å². The van der Waals surface area contributed by atoms with Gasteiger partial charge in [-0.15, -0.1) is 0 Å². The van der Waals surface area contributed by atoms with Crippen molar-refractivity contribution >= 4 is 0 Å². The van der Waals surface area contributed by atoms with Gasteiger partial charge < -0.3 is 19.7 Å². The van der Waals surface area contributed by atoms with Crippen LogP contribution in [-0.2, 0) is 0 Å². The van der Waals surface area contributed by atoms with Crippen molar-refractivity contribution in [1.82, 2.24) is 10.2 Å². The van der Waals surface area contributed by atoms with Crippen LogP contribution in [0.4, 0.5) is 0 Å². The van der Waals surface area contributed by atoms with Gasteiger partial charge in [0, 0.05) is 17.2 Å². The summed E-state index contributed by atoms with van der Waals surface area (Å²) in [6.07, 6.45) is 2.60. The number of hydrogen-bond acceptors (Lipinski definition) is 5. The smallest absolute Gasteiger partial charge is 0.231 e. The van der Waals surface area contributed by atoms with Gasteiger partial charge in [0.2, 0.25) is 6.79 Å². The molecule has 2 aromatic carbocycles. The summed E-state index contributed by atoms with van der Waals surface area (Å²) < 4.78 is 10.8. The summed E-state index contributed by atoms with van der Waals surface area (Å²) >= 11 is 0. The van der Waals surface area contributed by atoms with Crippen molar-refractivity contribution in [2.75, 3.05) is 6.79 Å². The molecule has 0 aliphatic carbocycles. The highest BCUT2D eigenvalue weighted by Gasteiger charge is 2.20. The molecular formula is C20H20N2O4. The van der Waals surface area contributed by atoms with Crippen LogP contribution in [0, 0.1) is 0 Å². The summed E-state index contributed by atoms with van der Waals surface area (Å²) in [6, 6.07) is 8.89. The van der Waals surface area contributed by atoms with Crippen LogP contribution >= 0.6 is 0 Å². The Balaban J connectivity index is 1.82. The first-order valence-corrected chi connectivity index (χ1v) is 8.58. The van der Waals surface area contributed by atoms with Gasteiger partial charge in [0.15, 0.2) is 11.5 Å². The molecule has 1 aliphatic heterocycles. The minimum atomic E-state index is 0.000737. The zero-order valence-electron chi connectivity index (χ0n) is 14.6. The molecule has 1 atom stereocenters. The second-order valence-electron chi connectivity index (χ2n) is 6.46. The summed E-state index contributed by atoms with van der Waals surface area (Å²) in [4.78, 5) is 0. The van der Waals surface area contributed by atoms with Crippen molar-refractivity contribution < 1.29 is 19.7 Å². The number of phenolic OH excluding ortho intramolecular Hbond substituents is 2. The number of nitrogens with one attached hydrogen (secondary N) is 1. The fourth-order valence-electron chi connectivity index (χ4n) is 3.18. The number of nitrogens with zero attached hydrogens (tertiary/aromatic N) is 1. The molecule has 0 saturated heterocycles. The highest BCUT2D eigenvalue weighted by molar-refractivity contribution is 5.84. The molecule has 0 amide bonds. The van der Waals surface area contributed by atoms with Crippen molar-refractivity contribution in [1.29, 1.82) is 0 Å². The molecule has 3 N–H and O–H groups in total. The van der Waals surface area contributed by atoms with Crippen molar-refractivity contribution in [2.24, 2.45) is 0 Å². The lowest BCUT2D eigenvalue weighted by atomic mass is 9.93. The quantitative estimate of drug-likeness (QED) is 0.648. The molecule has 6 nitrogen and oxygen atoms in total. The Morgan fingerprint density at radius 1 is 1.08 bits per heavy atom. The lowest BCUT2D eigenvalue weighted by Gasteiger charge is -2.15. The standard InChI is InChI=1S/C20H20N2O4/c1-3-11(2)13-7-14(17(24)8-16(13)23)20-15(9-21-22-20)12-4-5-18-19(6-12)26-10-25-18/h4-9,11,23-24H,3,10H2,1-2H3,(H,21,22). The van der Waals surface area contributed by atoms with Gasteiger partial charge in [-0.2, -0.15) is 5.10 Å². The predicted octanol–water partition coefficient (Wildman–Crippen LogP) is 4.40. The van der Waals surface area contributed by atoms with Crippen molar-refractivity contribution in [2.45, 2.75) is 26.2 Å². The number of benzene rings is 2. The van der Waals surface area contributed by atoms with E-state index in [1.165, 1.54) is 6.07 Å². The second kappa shape index (κ2) is 6.29. The van der Waals surface area contributed by atoms with Crippen molar-refractivity contribution in [3.8, 4) is 45.4 Å². The largest absolute Gasteiger partial charge is 0.508 e. The molecule has 2 heterocycles. The molecule has 1 aromatic heterocycles. The van der Waals surface area contributed by atoms with E-state index < -0.39 is 0 Å². The van der Waals surface area contributed by atoms with Crippen LogP contribution < -0.4 is 9.47 Å². The molecule has 26 heavy (non-hydrogen) atoms. The third-order valence-electron chi connectivity index (χ3n) is 4.88. The first-order valence-electron chi connectivity index (χ1n) is 8.58. The molecule has 3 aromatic rings. The maximum Gasteiger partial charge on any atom is 0.231 e. The number of aromatic amines is 1. The zero-order valence-corrected chi connectivity index (χ0v) is 14.6. The molecule has 0 radical (unpaired) electrons. The molecule has 6 heteroatoms. The number of H-pyrrole nitrogens is 1. The van der Waals surface area contributed by atoms with Crippen LogP contribution in [0.25, 0.3) is 22.4 Å². The molecule has 0 bridgehead atoms. The minimum absolute atomic E-state index is 0.000737. The normalized spacial score (nSPS) is 13.8. The highest BCUT2D eigenvalue weighted by Crippen LogP contribution is 2.43. The Bertz CT molecular complexity index is 964. The SMILES string of the molecule is CCC(C)c1cc(-c2[nH]ncc2-c2ccc3c(c2)OCO3)c(O)cc1O. The van der Waals surface area contributed by atoms with Crippen molar-refractivity contribution in [3.05, 3.63) is 42.1 Å². The monoisotopic (exact) mass is 352 g/mol. The zero-order chi connectivity index (χ0) is 18.3. The molecule has 0 spiro atoms. The fourth-order valence-corrected chi connectivity index (χ4v) is 3.18. The number of aromatic hydroxyl groups is 2. The Morgan fingerprint density at radius 3 is 2.69 bits per heavy atom. The van der Waals surface area contributed by atoms with Crippen LogP contribution in [0.15, 0.2) is 36.5 Å². The number of rotatable bonds is 4. The van der Waals surface area contributed by atoms with Crippen LogP contribution in [-0.4, -0.2) is 27.2 Å². The van der Waals surface area contributed by atoms with Crippen molar-refractivity contribution in [3.63, 3.8) is 0 Å². The average Bonchev–Trinajstić information content (AvgIpc) is 3.29. The van der Waals surface area contributed by atoms with E-state index in [0.717, 1.165) is 23.1 Å². The first kappa shape index (κ1) is 16.3. The number of aromatic nitrogens is 2. The number of fused-ring (bicyclic) bond motifs is 1. The summed E-state index contributed by atoms with van der Waals surface area (Å²) in [5, 5.41) is 27.7. The summed E-state index contributed by atoms with van der Waals surface area (Å²) in [5.74, 6) is 1.67. The van der Waals surface area contributed by atoms with Gasteiger partial charge in [0.05, 0.1) is 11.9 Å². The van der Waals surface area contributed by atoms with E-state index in [9.17, 15) is 10.2 Å². The van der Waals surface area contributed by atoms with Gasteiger partial charge in [-0.3, -0.25) is 5.10 Å². The number of hydrogen-bond donors (Lipinski definition) is 3. The second-order valence-corrected chi connectivity index (χ2v) is 6.46. The van der Waals surface area contributed by atoms with Gasteiger partial charge in [-0.25, -0.2) is 0 Å². The number of phenols is 2. The molecule has 0 fully saturated rings. The van der Waals surface area contributed by atoms with E-state index in [2.05, 4.69) is 17.1 Å². The van der Waals surface area contributed by atoms with Gasteiger partial charge in [0.25, 0.3) is 0 Å². The first-order chi connectivity index (χ1) is 12.6. The summed E-state index contributed by atoms with van der Waals surface area (Å²) in [5.41, 5.74) is 3.82. The van der Waals surface area contributed by atoms with Gasteiger partial charge >= 0.3 is 0 Å². The molecule has 1 aliphatic rings. The van der Waals surface area contributed by atoms with E-state index in [-0.39, 0.29) is 24.2 Å². The average molecular weight is 352 g/mol. The Kier molecular flexibility index (Phi) is 3.95. The molecular weight excluding hydrogens is 332 g/mol. The molecule has 1 unspecified atom stereocenters. The fraction of sp³-hybridized carbons (Fsp3) is 0.250. The molecule has 4 rings (SSSR count).